The van der Waals surface area contributed by atoms with E-state index in [1.807, 2.05) is 49.5 Å². The number of para-hydroxylation sites is 1. The van der Waals surface area contributed by atoms with Crippen LogP contribution in [0.5, 0.6) is 5.75 Å². The van der Waals surface area contributed by atoms with E-state index in [1.165, 1.54) is 4.70 Å². The molecule has 0 spiro atoms. The summed E-state index contributed by atoms with van der Waals surface area (Å²) in [4.78, 5) is 13.6. The average molecular weight is 418 g/mol. The fraction of sp³-hybridized carbons (Fsp3) is 0.261. The van der Waals surface area contributed by atoms with Gasteiger partial charge in [0.2, 0.25) is 0 Å². The molecule has 1 atom stereocenters. The quantitative estimate of drug-likeness (QED) is 0.457. The number of aromatic nitrogens is 3. The number of hydrogen-bond donors (Lipinski definition) is 2. The van der Waals surface area contributed by atoms with Crippen LogP contribution >= 0.6 is 11.3 Å². The Bertz CT molecular complexity index is 1140. The summed E-state index contributed by atoms with van der Waals surface area (Å²) in [5.41, 5.74) is 3.16. The van der Waals surface area contributed by atoms with Crippen LogP contribution in [0.25, 0.3) is 10.2 Å². The summed E-state index contributed by atoms with van der Waals surface area (Å²) >= 11 is 1.67. The first-order chi connectivity index (χ1) is 14.7. The van der Waals surface area contributed by atoms with Gasteiger partial charge < -0.3 is 15.4 Å². The van der Waals surface area contributed by atoms with Crippen LogP contribution in [0.3, 0.4) is 0 Å². The Labute approximate surface area is 179 Å². The van der Waals surface area contributed by atoms with Crippen molar-refractivity contribution < 1.29 is 4.74 Å². The van der Waals surface area contributed by atoms with E-state index in [0.717, 1.165) is 58.6 Å². The van der Waals surface area contributed by atoms with E-state index >= 15 is 0 Å². The second-order valence-electron chi connectivity index (χ2n) is 7.38. The summed E-state index contributed by atoms with van der Waals surface area (Å²) in [5.74, 6) is 2.54. The van der Waals surface area contributed by atoms with Crippen molar-refractivity contribution in [1.82, 2.24) is 15.0 Å². The predicted octanol–water partition coefficient (Wildman–Crippen LogP) is 5.33. The van der Waals surface area contributed by atoms with Crippen molar-refractivity contribution in [3.05, 3.63) is 71.1 Å². The molecule has 0 radical (unpaired) electrons. The van der Waals surface area contributed by atoms with Gasteiger partial charge in [-0.25, -0.2) is 15.0 Å². The predicted molar refractivity (Wildman–Crippen MR) is 121 cm³/mol. The largest absolute Gasteiger partial charge is 0.486 e. The maximum atomic E-state index is 6.03. The lowest BCUT2D eigenvalue weighted by Crippen LogP contribution is -2.12. The fourth-order valence-electron chi connectivity index (χ4n) is 3.70. The van der Waals surface area contributed by atoms with Gasteiger partial charge in [0.15, 0.2) is 0 Å². The Morgan fingerprint density at radius 3 is 3.03 bits per heavy atom. The molecule has 30 heavy (non-hydrogen) atoms. The van der Waals surface area contributed by atoms with Gasteiger partial charge in [0.25, 0.3) is 0 Å². The van der Waals surface area contributed by atoms with Crippen LogP contribution < -0.4 is 15.4 Å². The molecule has 5 rings (SSSR count). The van der Waals surface area contributed by atoms with Gasteiger partial charge in [-0.1, -0.05) is 18.2 Å². The lowest BCUT2D eigenvalue weighted by Gasteiger charge is -2.20. The number of fused-ring (bicyclic) bond motifs is 2. The van der Waals surface area contributed by atoms with Crippen molar-refractivity contribution in [3.8, 4) is 5.75 Å². The van der Waals surface area contributed by atoms with Gasteiger partial charge >= 0.3 is 0 Å². The maximum Gasteiger partial charge on any atom is 0.140 e. The molecule has 0 amide bonds. The molecular weight excluding hydrogens is 394 g/mol. The number of benzene rings is 2. The number of hydrogen-bond acceptors (Lipinski definition) is 7. The van der Waals surface area contributed by atoms with E-state index < -0.39 is 0 Å². The first kappa shape index (κ1) is 18.8. The monoisotopic (exact) mass is 417 g/mol. The number of nitrogens with zero attached hydrogens (tertiary/aromatic N) is 3. The molecule has 3 heterocycles. The molecular formula is C23H23N5OS. The molecule has 6 nitrogen and oxygen atoms in total. The lowest BCUT2D eigenvalue weighted by atomic mass is 10.0. The van der Waals surface area contributed by atoms with E-state index in [0.29, 0.717) is 6.61 Å². The Kier molecular flexibility index (Phi) is 5.19. The first-order valence-corrected chi connectivity index (χ1v) is 11.0. The molecule has 4 aromatic rings. The van der Waals surface area contributed by atoms with Crippen LogP contribution in [-0.2, 0) is 6.61 Å². The molecule has 0 saturated heterocycles. The maximum absolute atomic E-state index is 6.03. The fourth-order valence-corrected chi connectivity index (χ4v) is 4.58. The smallest absolute Gasteiger partial charge is 0.140 e. The Hall–Kier alpha value is -3.19. The standard InChI is InChI=1S/C23H23N5OS/c1-15-25-13-18-19(9-5-11-24-23(18)26-15)27-16-6-4-7-17(12-16)29-14-22-28-20-8-2-3-10-21(20)30-22/h2-4,6-8,10,12-13,19,27H,5,9,11,14H2,1H3,(H,24,25,26). The third kappa shape index (κ3) is 4.07. The van der Waals surface area contributed by atoms with Crippen LogP contribution in [0, 0.1) is 6.92 Å². The van der Waals surface area contributed by atoms with Crippen LogP contribution in [0.15, 0.2) is 54.7 Å². The van der Waals surface area contributed by atoms with Gasteiger partial charge in [-0.3, -0.25) is 0 Å². The topological polar surface area (TPSA) is 72.0 Å². The molecule has 7 heteroatoms. The number of nitrogens with one attached hydrogen (secondary N) is 2. The zero-order chi connectivity index (χ0) is 20.3. The summed E-state index contributed by atoms with van der Waals surface area (Å²) in [7, 11) is 0. The highest BCUT2D eigenvalue weighted by Crippen LogP contribution is 2.32. The minimum absolute atomic E-state index is 0.162. The number of anilines is 2. The molecule has 1 aliphatic heterocycles. The highest BCUT2D eigenvalue weighted by Gasteiger charge is 2.20. The zero-order valence-corrected chi connectivity index (χ0v) is 17.6. The lowest BCUT2D eigenvalue weighted by molar-refractivity contribution is 0.306. The van der Waals surface area contributed by atoms with E-state index in [1.54, 1.807) is 11.3 Å². The normalized spacial score (nSPS) is 15.8. The summed E-state index contributed by atoms with van der Waals surface area (Å²) in [6.07, 6.45) is 4.02. The summed E-state index contributed by atoms with van der Waals surface area (Å²) in [6, 6.07) is 16.4. The number of thiazole rings is 1. The van der Waals surface area contributed by atoms with Crippen LogP contribution in [0.1, 0.15) is 35.3 Å². The minimum Gasteiger partial charge on any atom is -0.486 e. The van der Waals surface area contributed by atoms with Crippen LogP contribution in [0.4, 0.5) is 11.5 Å². The second kappa shape index (κ2) is 8.28. The molecule has 0 saturated carbocycles. The van der Waals surface area contributed by atoms with Crippen molar-refractivity contribution >= 4 is 33.1 Å². The molecule has 2 aromatic carbocycles. The molecule has 1 aliphatic rings. The zero-order valence-electron chi connectivity index (χ0n) is 16.8. The van der Waals surface area contributed by atoms with Gasteiger partial charge in [-0.2, -0.15) is 0 Å². The van der Waals surface area contributed by atoms with Gasteiger partial charge in [0.1, 0.15) is 29.0 Å². The molecule has 0 bridgehead atoms. The van der Waals surface area contributed by atoms with Gasteiger partial charge in [-0.05, 0) is 44.0 Å². The van der Waals surface area contributed by atoms with Gasteiger partial charge in [-0.15, -0.1) is 11.3 Å². The highest BCUT2D eigenvalue weighted by molar-refractivity contribution is 7.18. The minimum atomic E-state index is 0.162. The molecule has 152 valence electrons. The van der Waals surface area contributed by atoms with Crippen molar-refractivity contribution in [3.63, 3.8) is 0 Å². The Morgan fingerprint density at radius 2 is 2.10 bits per heavy atom. The third-order valence-corrected chi connectivity index (χ3v) is 6.16. The first-order valence-electron chi connectivity index (χ1n) is 10.2. The average Bonchev–Trinajstić information content (AvgIpc) is 3.08. The molecule has 1 unspecified atom stereocenters. The van der Waals surface area contributed by atoms with Crippen molar-refractivity contribution in [2.75, 3.05) is 17.2 Å². The third-order valence-electron chi connectivity index (χ3n) is 5.15. The van der Waals surface area contributed by atoms with E-state index in [2.05, 4.69) is 37.7 Å². The number of ether oxygens (including phenoxy) is 1. The Morgan fingerprint density at radius 1 is 1.17 bits per heavy atom. The van der Waals surface area contributed by atoms with Crippen molar-refractivity contribution in [1.29, 1.82) is 0 Å². The van der Waals surface area contributed by atoms with E-state index in [4.69, 9.17) is 4.74 Å². The van der Waals surface area contributed by atoms with E-state index in [9.17, 15) is 0 Å². The van der Waals surface area contributed by atoms with Gasteiger partial charge in [0.05, 0.1) is 16.3 Å². The molecule has 0 aliphatic carbocycles. The summed E-state index contributed by atoms with van der Waals surface area (Å²) < 4.78 is 7.22. The van der Waals surface area contributed by atoms with Crippen molar-refractivity contribution in [2.24, 2.45) is 0 Å². The van der Waals surface area contributed by atoms with Gasteiger partial charge in [0, 0.05) is 30.1 Å². The number of aryl methyl sites for hydroxylation is 1. The SMILES string of the molecule is Cc1ncc2c(n1)NCCCC2Nc1cccc(OCc2nc3ccccc3s2)c1. The second-order valence-corrected chi connectivity index (χ2v) is 8.49. The summed E-state index contributed by atoms with van der Waals surface area (Å²) in [5, 5.41) is 8.04. The number of rotatable bonds is 5. The highest BCUT2D eigenvalue weighted by atomic mass is 32.1. The van der Waals surface area contributed by atoms with Crippen LogP contribution in [-0.4, -0.2) is 21.5 Å². The Balaban J connectivity index is 1.30. The van der Waals surface area contributed by atoms with Crippen molar-refractivity contribution in [2.45, 2.75) is 32.4 Å². The molecule has 0 fully saturated rings. The molecule has 2 aromatic heterocycles. The van der Waals surface area contributed by atoms with E-state index in [-0.39, 0.29) is 6.04 Å². The summed E-state index contributed by atoms with van der Waals surface area (Å²) in [6.45, 7) is 3.31. The van der Waals surface area contributed by atoms with Crippen LogP contribution in [0.2, 0.25) is 0 Å². The molecule has 2 N–H and O–H groups in total.